The van der Waals surface area contributed by atoms with E-state index in [-0.39, 0.29) is 35.0 Å². The second-order valence-electron chi connectivity index (χ2n) is 3.92. The molecule has 0 aromatic heterocycles. The fraction of sp³-hybridized carbons (Fsp3) is 1.00. The summed E-state index contributed by atoms with van der Waals surface area (Å²) in [6.07, 6.45) is -5.67. The Morgan fingerprint density at radius 2 is 1.64 bits per heavy atom. The van der Waals surface area contributed by atoms with Crippen molar-refractivity contribution in [3.05, 3.63) is 0 Å². The maximum absolute atomic E-state index is 11.0. The number of hydrogen-bond acceptors (Lipinski definition) is 8. The molecule has 0 unspecified atom stereocenters. The molecule has 16 heteroatoms. The topological polar surface area (TPSA) is 238 Å². The molecule has 0 radical (unpaired) electrons. The maximum Gasteiger partial charge on any atom is 1.00 e. The predicted molar refractivity (Wildman–Crippen MR) is 59.2 cm³/mol. The van der Waals surface area contributed by atoms with Crippen molar-refractivity contribution in [1.82, 2.24) is 0 Å². The third-order valence-electron chi connectivity index (χ3n) is 2.39. The van der Waals surface area contributed by atoms with Crippen LogP contribution in [0.15, 0.2) is 0 Å². The van der Waals surface area contributed by atoms with Crippen molar-refractivity contribution >= 4 is 15.6 Å². The third-order valence-corrected chi connectivity index (χ3v) is 3.42. The molecule has 4 atom stereocenters. The number of aliphatic hydroxyl groups is 2. The molecule has 1 rings (SSSR count). The molecule has 0 bridgehead atoms. The fourth-order valence-electron chi connectivity index (χ4n) is 1.58. The molecular weight excluding hydrogens is 365 g/mol. The van der Waals surface area contributed by atoms with Crippen molar-refractivity contribution in [3.8, 4) is 0 Å². The van der Waals surface area contributed by atoms with Gasteiger partial charge in [0.2, 0.25) is 0 Å². The molecule has 0 aromatic rings. The van der Waals surface area contributed by atoms with Crippen molar-refractivity contribution in [2.24, 2.45) is 0 Å². The van der Waals surface area contributed by atoms with Crippen LogP contribution in [-0.4, -0.2) is 72.6 Å². The molecule has 1 fully saturated rings. The van der Waals surface area contributed by atoms with Crippen LogP contribution in [0.3, 0.4) is 0 Å². The first kappa shape index (κ1) is 25.3. The van der Waals surface area contributed by atoms with Gasteiger partial charge in [0.05, 0.1) is 6.61 Å². The molecule has 0 amide bonds. The second-order valence-corrected chi connectivity index (χ2v) is 6.32. The predicted octanol–water partition coefficient (Wildman–Crippen LogP) is -7.44. The van der Waals surface area contributed by atoms with Gasteiger partial charge in [-0.3, -0.25) is 9.05 Å². The van der Waals surface area contributed by atoms with E-state index in [4.69, 9.17) is 24.3 Å². The summed E-state index contributed by atoms with van der Waals surface area (Å²) in [5.74, 6) is -2.75. The summed E-state index contributed by atoms with van der Waals surface area (Å²) in [4.78, 5) is 34.2. The monoisotopic (exact) mass is 380 g/mol. The second kappa shape index (κ2) is 8.92. The van der Waals surface area contributed by atoms with Crippen LogP contribution in [0.4, 0.5) is 0 Å². The van der Waals surface area contributed by atoms with Crippen molar-refractivity contribution in [1.29, 1.82) is 0 Å². The smallest absolute Gasteiger partial charge is 0.851 e. The van der Waals surface area contributed by atoms with Gasteiger partial charge < -0.3 is 45.1 Å². The van der Waals surface area contributed by atoms with Crippen LogP contribution in [0.5, 0.6) is 0 Å². The van der Waals surface area contributed by atoms with E-state index in [1.54, 1.807) is 0 Å². The van der Waals surface area contributed by atoms with Crippen LogP contribution in [0.1, 0.15) is 0 Å². The van der Waals surface area contributed by atoms with E-state index in [9.17, 15) is 24.4 Å². The van der Waals surface area contributed by atoms with Gasteiger partial charge in [-0.05, 0) is 0 Å². The van der Waals surface area contributed by atoms with E-state index in [2.05, 4.69) is 9.05 Å². The van der Waals surface area contributed by atoms with Crippen LogP contribution >= 0.6 is 15.6 Å². The van der Waals surface area contributed by atoms with Crippen molar-refractivity contribution < 1.29 is 92.8 Å². The molecule has 128 valence electrons. The minimum absolute atomic E-state index is 0. The Morgan fingerprint density at radius 3 is 2.00 bits per heavy atom. The largest absolute Gasteiger partial charge is 1.00 e. The van der Waals surface area contributed by atoms with Gasteiger partial charge in [0.15, 0.2) is 5.79 Å². The normalized spacial score (nSPS) is 32.2. The molecule has 22 heavy (non-hydrogen) atoms. The van der Waals surface area contributed by atoms with Gasteiger partial charge in [-0.15, -0.1) is 0 Å². The summed E-state index contributed by atoms with van der Waals surface area (Å²) in [5.41, 5.74) is 0. The molecule has 0 spiro atoms. The molecule has 1 saturated heterocycles. The Bertz CT molecular complexity index is 434. The minimum atomic E-state index is -5.23. The van der Waals surface area contributed by atoms with Gasteiger partial charge in [-0.1, -0.05) is 6.61 Å². The van der Waals surface area contributed by atoms with Gasteiger partial charge >= 0.3 is 45.2 Å². The van der Waals surface area contributed by atoms with Gasteiger partial charge in [-0.25, -0.2) is 9.13 Å². The number of phosphoric ester groups is 2. The van der Waals surface area contributed by atoms with Crippen molar-refractivity contribution in [3.63, 3.8) is 0 Å². The fourth-order valence-corrected chi connectivity index (χ4v) is 2.53. The minimum Gasteiger partial charge on any atom is -0.851 e. The molecule has 1 aliphatic rings. The Labute approximate surface area is 145 Å². The summed E-state index contributed by atoms with van der Waals surface area (Å²) in [6, 6.07) is 0. The summed E-state index contributed by atoms with van der Waals surface area (Å²) in [7, 11) is -10.1. The molecule has 0 aromatic carbocycles. The van der Waals surface area contributed by atoms with Gasteiger partial charge in [0, 0.05) is 0 Å². The first-order valence-electron chi connectivity index (χ1n) is 4.99. The Hall–Kier alpha value is 1.02. The van der Waals surface area contributed by atoms with Gasteiger partial charge in [-0.2, -0.15) is 0 Å². The van der Waals surface area contributed by atoms with E-state index in [0.29, 0.717) is 0 Å². The van der Waals surface area contributed by atoms with Gasteiger partial charge in [0.1, 0.15) is 18.3 Å². The van der Waals surface area contributed by atoms with Crippen molar-refractivity contribution in [2.75, 3.05) is 13.2 Å². The van der Waals surface area contributed by atoms with E-state index in [1.807, 2.05) is 0 Å². The zero-order valence-corrected chi connectivity index (χ0v) is 15.0. The van der Waals surface area contributed by atoms with E-state index < -0.39 is 53.0 Å². The first-order valence-corrected chi connectivity index (χ1v) is 8.05. The summed E-state index contributed by atoms with van der Waals surface area (Å²) in [6.45, 7) is -2.42. The first-order chi connectivity index (χ1) is 8.90. The number of ether oxygens (including phenoxy) is 1. The molecule has 8 N–H and O–H groups in total. The molecular formula is C6H15NaO13P2. The van der Waals surface area contributed by atoms with Crippen molar-refractivity contribution in [2.45, 2.75) is 24.1 Å². The standard InChI is InChI=1S/C6H13O12P2.Na.H2O/c7-2-6(18-20(13,14)15)5(9)4(8)3(17-6)1-16-19(10,11)12;;/h3-5,8-9H,1-2H2,(H2,10,11,12)(H2,13,14,15);;1H2/q-1;+1;/t3-,4-,5+,6+;;/m1../s1. The quantitative estimate of drug-likeness (QED) is 0.186. The third kappa shape index (κ3) is 6.87. The number of hydrogen-bond donors (Lipinski definition) is 6. The summed E-state index contributed by atoms with van der Waals surface area (Å²) >= 11 is 0. The number of rotatable bonds is 6. The van der Waals surface area contributed by atoms with Gasteiger partial charge in [0.25, 0.3) is 0 Å². The van der Waals surface area contributed by atoms with Crippen LogP contribution in [0.25, 0.3) is 0 Å². The summed E-state index contributed by atoms with van der Waals surface area (Å²) < 4.78 is 34.0. The van der Waals surface area contributed by atoms with E-state index >= 15 is 0 Å². The Balaban J connectivity index is 0. The molecule has 1 heterocycles. The Kier molecular flexibility index (Phi) is 10.2. The Morgan fingerprint density at radius 1 is 1.14 bits per heavy atom. The van der Waals surface area contributed by atoms with E-state index in [1.165, 1.54) is 0 Å². The van der Waals surface area contributed by atoms with Crippen LogP contribution in [0.2, 0.25) is 0 Å². The van der Waals surface area contributed by atoms with Crippen LogP contribution in [-0.2, 0) is 22.9 Å². The average molecular weight is 380 g/mol. The maximum atomic E-state index is 11.0. The molecule has 13 nitrogen and oxygen atoms in total. The number of aliphatic hydroxyl groups excluding tert-OH is 2. The average Bonchev–Trinajstić information content (AvgIpc) is 2.49. The zero-order chi connectivity index (χ0) is 15.8. The van der Waals surface area contributed by atoms with Crippen LogP contribution < -0.4 is 34.7 Å². The SMILES string of the molecule is O.O=P(O)(O)OC[C@H]1O[C@@](C[O-])(OP(=O)(O)O)[C@@H](O)[C@@H]1O.[Na+]. The molecule has 1 aliphatic heterocycles. The van der Waals surface area contributed by atoms with E-state index in [0.717, 1.165) is 0 Å². The number of phosphoric acid groups is 2. The molecule has 0 aliphatic carbocycles. The summed E-state index contributed by atoms with van der Waals surface area (Å²) in [5, 5.41) is 30.1. The zero-order valence-electron chi connectivity index (χ0n) is 11.2. The molecule has 0 saturated carbocycles. The van der Waals surface area contributed by atoms with Crippen LogP contribution in [0, 0.1) is 0 Å².